The van der Waals surface area contributed by atoms with Crippen molar-refractivity contribution in [2.24, 2.45) is 0 Å². The lowest BCUT2D eigenvalue weighted by Crippen LogP contribution is -2.33. The third kappa shape index (κ3) is 2.54. The largest absolute Gasteiger partial charge is 0.462 e. The molecule has 24 heavy (non-hydrogen) atoms. The highest BCUT2D eigenvalue weighted by Gasteiger charge is 2.21. The second-order valence-corrected chi connectivity index (χ2v) is 6.05. The maximum Gasteiger partial charge on any atom is 0.348 e. The zero-order chi connectivity index (χ0) is 17.4. The monoisotopic (exact) mass is 348 g/mol. The summed E-state index contributed by atoms with van der Waals surface area (Å²) in [5, 5.41) is 0.243. The fourth-order valence-electron chi connectivity index (χ4n) is 2.43. The molecule has 124 valence electrons. The maximum atomic E-state index is 13.1. The van der Waals surface area contributed by atoms with E-state index in [-0.39, 0.29) is 22.6 Å². The number of carbonyl (C=O) groups excluding carboxylic acids is 1. The van der Waals surface area contributed by atoms with Gasteiger partial charge in [0.25, 0.3) is 5.56 Å². The second kappa shape index (κ2) is 6.04. The van der Waals surface area contributed by atoms with Gasteiger partial charge < -0.3 is 4.74 Å². The Morgan fingerprint density at radius 3 is 2.58 bits per heavy atom. The molecule has 0 aliphatic heterocycles. The average molecular weight is 348 g/mol. The number of benzene rings is 1. The summed E-state index contributed by atoms with van der Waals surface area (Å²) in [4.78, 5) is 40.2. The van der Waals surface area contributed by atoms with Crippen molar-refractivity contribution in [2.75, 3.05) is 6.61 Å². The summed E-state index contributed by atoms with van der Waals surface area (Å²) in [6.45, 7) is 3.52. The van der Waals surface area contributed by atoms with Crippen molar-refractivity contribution in [3.8, 4) is 5.69 Å². The highest BCUT2D eigenvalue weighted by molar-refractivity contribution is 7.20. The average Bonchev–Trinajstić information content (AvgIpc) is 2.86. The van der Waals surface area contributed by atoms with Gasteiger partial charge in [-0.2, -0.15) is 0 Å². The van der Waals surface area contributed by atoms with Crippen molar-refractivity contribution >= 4 is 27.5 Å². The number of nitrogens with one attached hydrogen (secondary N) is 1. The summed E-state index contributed by atoms with van der Waals surface area (Å²) in [7, 11) is 0. The summed E-state index contributed by atoms with van der Waals surface area (Å²) in [6, 6.07) is 5.00. The van der Waals surface area contributed by atoms with Crippen LogP contribution in [0, 0.1) is 12.7 Å². The number of aryl methyl sites for hydroxylation is 1. The fourth-order valence-corrected chi connectivity index (χ4v) is 3.51. The van der Waals surface area contributed by atoms with E-state index in [9.17, 15) is 18.8 Å². The van der Waals surface area contributed by atoms with Crippen molar-refractivity contribution in [3.63, 3.8) is 0 Å². The Bertz CT molecular complexity index is 1050. The third-order valence-corrected chi connectivity index (χ3v) is 4.72. The van der Waals surface area contributed by atoms with Gasteiger partial charge in [0.1, 0.15) is 15.5 Å². The van der Waals surface area contributed by atoms with Gasteiger partial charge in [-0.3, -0.25) is 9.78 Å². The van der Waals surface area contributed by atoms with Gasteiger partial charge in [-0.05, 0) is 43.7 Å². The summed E-state index contributed by atoms with van der Waals surface area (Å²) >= 11 is 1.00. The van der Waals surface area contributed by atoms with Gasteiger partial charge >= 0.3 is 11.7 Å². The molecule has 8 heteroatoms. The van der Waals surface area contributed by atoms with E-state index in [1.807, 2.05) is 0 Å². The summed E-state index contributed by atoms with van der Waals surface area (Å²) in [6.07, 6.45) is 0. The molecule has 2 aromatic heterocycles. The van der Waals surface area contributed by atoms with Gasteiger partial charge in [-0.1, -0.05) is 0 Å². The highest BCUT2D eigenvalue weighted by Crippen LogP contribution is 2.27. The lowest BCUT2D eigenvalue weighted by Gasteiger charge is -2.04. The van der Waals surface area contributed by atoms with E-state index in [1.54, 1.807) is 13.8 Å². The molecule has 3 aromatic rings. The molecule has 0 spiro atoms. The summed E-state index contributed by atoms with van der Waals surface area (Å²) in [5.74, 6) is -1.01. The van der Waals surface area contributed by atoms with E-state index < -0.39 is 23.0 Å². The van der Waals surface area contributed by atoms with Crippen LogP contribution in [0.4, 0.5) is 4.39 Å². The number of aromatic nitrogens is 2. The minimum absolute atomic E-state index is 0.211. The van der Waals surface area contributed by atoms with Crippen LogP contribution in [0.3, 0.4) is 0 Å². The van der Waals surface area contributed by atoms with E-state index in [0.717, 1.165) is 28.0 Å². The molecule has 0 unspecified atom stereocenters. The maximum absolute atomic E-state index is 13.1. The molecule has 1 aromatic carbocycles. The first kappa shape index (κ1) is 16.1. The minimum atomic E-state index is -0.657. The van der Waals surface area contributed by atoms with Crippen molar-refractivity contribution in [1.29, 1.82) is 0 Å². The number of carbonyl (C=O) groups is 1. The number of thiophene rings is 1. The number of H-pyrrole nitrogens is 1. The van der Waals surface area contributed by atoms with Crippen LogP contribution >= 0.6 is 11.3 Å². The second-order valence-electron chi connectivity index (χ2n) is 5.03. The molecular formula is C16H13FN2O4S. The van der Waals surface area contributed by atoms with Crippen LogP contribution in [-0.2, 0) is 4.74 Å². The summed E-state index contributed by atoms with van der Waals surface area (Å²) in [5.41, 5.74) is -0.529. The number of rotatable bonds is 3. The Hall–Kier alpha value is -2.74. The third-order valence-electron chi connectivity index (χ3n) is 3.53. The number of halogens is 1. The number of ether oxygens (including phenoxy) is 1. The normalized spacial score (nSPS) is 11.0. The fraction of sp³-hybridized carbons (Fsp3) is 0.188. The minimum Gasteiger partial charge on any atom is -0.462 e. The molecule has 0 saturated heterocycles. The molecule has 0 bridgehead atoms. The molecule has 0 radical (unpaired) electrons. The van der Waals surface area contributed by atoms with E-state index in [4.69, 9.17) is 4.74 Å². The van der Waals surface area contributed by atoms with Crippen LogP contribution in [0.5, 0.6) is 0 Å². The standard InChI is InChI=1S/C16H13FN2O4S/c1-3-23-15(21)12-8(2)11-13(24-12)18-16(22)19(14(11)20)10-6-4-9(17)5-7-10/h4-7H,3H2,1-2H3,(H,18,22). The Kier molecular flexibility index (Phi) is 4.06. The zero-order valence-corrected chi connectivity index (χ0v) is 13.7. The first-order valence-corrected chi connectivity index (χ1v) is 7.97. The molecule has 0 atom stereocenters. The molecule has 0 aliphatic carbocycles. The van der Waals surface area contributed by atoms with Crippen molar-refractivity contribution in [3.05, 3.63) is 61.4 Å². The number of aromatic amines is 1. The molecule has 0 fully saturated rings. The number of hydrogen-bond acceptors (Lipinski definition) is 5. The van der Waals surface area contributed by atoms with Crippen LogP contribution in [0.15, 0.2) is 33.9 Å². The van der Waals surface area contributed by atoms with Crippen molar-refractivity contribution < 1.29 is 13.9 Å². The Morgan fingerprint density at radius 1 is 1.29 bits per heavy atom. The first-order chi connectivity index (χ1) is 11.4. The number of fused-ring (bicyclic) bond motifs is 1. The zero-order valence-electron chi connectivity index (χ0n) is 12.9. The molecule has 3 rings (SSSR count). The van der Waals surface area contributed by atoms with Crippen LogP contribution in [0.25, 0.3) is 15.9 Å². The van der Waals surface area contributed by atoms with E-state index in [0.29, 0.717) is 10.4 Å². The Morgan fingerprint density at radius 2 is 1.96 bits per heavy atom. The van der Waals surface area contributed by atoms with E-state index in [1.165, 1.54) is 12.1 Å². The van der Waals surface area contributed by atoms with Gasteiger partial charge in [0.2, 0.25) is 0 Å². The predicted molar refractivity (Wildman–Crippen MR) is 88.7 cm³/mol. The molecule has 0 amide bonds. The van der Waals surface area contributed by atoms with Crippen molar-refractivity contribution in [1.82, 2.24) is 9.55 Å². The molecule has 0 saturated carbocycles. The quantitative estimate of drug-likeness (QED) is 0.737. The van der Waals surface area contributed by atoms with Gasteiger partial charge in [0.15, 0.2) is 0 Å². The van der Waals surface area contributed by atoms with Gasteiger partial charge in [0.05, 0.1) is 17.7 Å². The lowest BCUT2D eigenvalue weighted by molar-refractivity contribution is 0.0531. The Balaban J connectivity index is 2.29. The molecule has 6 nitrogen and oxygen atoms in total. The van der Waals surface area contributed by atoms with Crippen molar-refractivity contribution in [2.45, 2.75) is 13.8 Å². The SMILES string of the molecule is CCOC(=O)c1sc2[nH]c(=O)n(-c3ccc(F)cc3)c(=O)c2c1C. The van der Waals surface area contributed by atoms with Crippen LogP contribution < -0.4 is 11.2 Å². The number of nitrogens with zero attached hydrogens (tertiary/aromatic N) is 1. The molecule has 0 aliphatic rings. The van der Waals surface area contributed by atoms with Gasteiger partial charge in [-0.15, -0.1) is 11.3 Å². The smallest absolute Gasteiger partial charge is 0.348 e. The van der Waals surface area contributed by atoms with E-state index >= 15 is 0 Å². The van der Waals surface area contributed by atoms with Crippen LogP contribution in [0.1, 0.15) is 22.2 Å². The first-order valence-electron chi connectivity index (χ1n) is 7.15. The topological polar surface area (TPSA) is 81.2 Å². The summed E-state index contributed by atoms with van der Waals surface area (Å²) < 4.78 is 18.9. The Labute approximate surface area is 139 Å². The lowest BCUT2D eigenvalue weighted by atomic mass is 10.2. The van der Waals surface area contributed by atoms with Gasteiger partial charge in [-0.25, -0.2) is 18.5 Å². The van der Waals surface area contributed by atoms with Crippen LogP contribution in [0.2, 0.25) is 0 Å². The van der Waals surface area contributed by atoms with Gasteiger partial charge in [0, 0.05) is 0 Å². The predicted octanol–water partition coefficient (Wildman–Crippen LogP) is 2.36. The highest BCUT2D eigenvalue weighted by atomic mass is 32.1. The molecule has 1 N–H and O–H groups in total. The van der Waals surface area contributed by atoms with Crippen LogP contribution in [-0.4, -0.2) is 22.1 Å². The molecular weight excluding hydrogens is 335 g/mol. The van der Waals surface area contributed by atoms with E-state index in [2.05, 4.69) is 4.98 Å². The molecule has 2 heterocycles. The number of esters is 1. The number of hydrogen-bond donors (Lipinski definition) is 1.